The third kappa shape index (κ3) is 3.58. The summed E-state index contributed by atoms with van der Waals surface area (Å²) < 4.78 is 5.29. The number of carbonyl (C=O) groups is 2. The van der Waals surface area contributed by atoms with Gasteiger partial charge >= 0.3 is 5.97 Å². The van der Waals surface area contributed by atoms with Crippen molar-refractivity contribution >= 4 is 35.2 Å². The molecule has 1 aliphatic heterocycles. The van der Waals surface area contributed by atoms with Crippen LogP contribution in [0, 0.1) is 0 Å². The summed E-state index contributed by atoms with van der Waals surface area (Å²) in [5.41, 5.74) is -1.16. The van der Waals surface area contributed by atoms with E-state index in [1.54, 1.807) is 24.3 Å². The number of nitrogens with one attached hydrogen (secondary N) is 1. The van der Waals surface area contributed by atoms with E-state index in [0.717, 1.165) is 5.75 Å². The summed E-state index contributed by atoms with van der Waals surface area (Å²) in [7, 11) is 0. The summed E-state index contributed by atoms with van der Waals surface area (Å²) in [4.78, 5) is 23.1. The second-order valence-electron chi connectivity index (χ2n) is 4.48. The van der Waals surface area contributed by atoms with Crippen molar-refractivity contribution in [1.82, 2.24) is 5.32 Å². The second-order valence-corrected chi connectivity index (χ2v) is 6.02. The molecule has 7 heteroatoms. The van der Waals surface area contributed by atoms with Crippen molar-refractivity contribution < 1.29 is 19.4 Å². The van der Waals surface area contributed by atoms with Gasteiger partial charge in [0, 0.05) is 10.8 Å². The molecule has 108 valence electrons. The van der Waals surface area contributed by atoms with E-state index < -0.39 is 17.4 Å². The van der Waals surface area contributed by atoms with E-state index in [-0.39, 0.29) is 6.61 Å². The molecule has 1 unspecified atom stereocenters. The summed E-state index contributed by atoms with van der Waals surface area (Å²) in [6.07, 6.45) is 0.430. The van der Waals surface area contributed by atoms with E-state index in [2.05, 4.69) is 5.32 Å². The standard InChI is InChI=1S/C13H14ClNO4S/c14-9-1-3-10(4-2-9)19-7-11(16)15-13(12(17)18)5-6-20-8-13/h1-4H,5-8H2,(H,15,16)(H,17,18). The fraction of sp³-hybridized carbons (Fsp3) is 0.385. The molecule has 0 bridgehead atoms. The normalized spacial score (nSPS) is 21.4. The Labute approximate surface area is 125 Å². The molecule has 1 amide bonds. The Morgan fingerprint density at radius 1 is 1.40 bits per heavy atom. The fourth-order valence-corrected chi connectivity index (χ4v) is 3.32. The minimum absolute atomic E-state index is 0.221. The van der Waals surface area contributed by atoms with Crippen LogP contribution >= 0.6 is 23.4 Å². The number of carboxylic acid groups (broad SMARTS) is 1. The topological polar surface area (TPSA) is 75.6 Å². The first-order valence-corrected chi connectivity index (χ1v) is 7.56. The van der Waals surface area contributed by atoms with Crippen LogP contribution in [0.2, 0.25) is 5.02 Å². The van der Waals surface area contributed by atoms with Gasteiger partial charge in [0.15, 0.2) is 6.61 Å². The number of hydrogen-bond acceptors (Lipinski definition) is 4. The van der Waals surface area contributed by atoms with E-state index in [1.165, 1.54) is 11.8 Å². The van der Waals surface area contributed by atoms with Crippen LogP contribution in [0.15, 0.2) is 24.3 Å². The van der Waals surface area contributed by atoms with E-state index >= 15 is 0 Å². The molecule has 1 fully saturated rings. The lowest BCUT2D eigenvalue weighted by Crippen LogP contribution is -2.55. The number of aliphatic carboxylic acids is 1. The Kier molecular flexibility index (Phi) is 4.77. The van der Waals surface area contributed by atoms with Gasteiger partial charge in [-0.2, -0.15) is 11.8 Å². The summed E-state index contributed by atoms with van der Waals surface area (Å²) in [5, 5.41) is 12.4. The Bertz CT molecular complexity index is 500. The summed E-state index contributed by atoms with van der Waals surface area (Å²) in [6, 6.07) is 6.60. The SMILES string of the molecule is O=C(COc1ccc(Cl)cc1)NC1(C(=O)O)CCSC1. The predicted octanol–water partition coefficient (Wildman–Crippen LogP) is 1.80. The molecule has 0 radical (unpaired) electrons. The minimum atomic E-state index is -1.16. The lowest BCUT2D eigenvalue weighted by Gasteiger charge is -2.24. The van der Waals surface area contributed by atoms with E-state index in [1.807, 2.05) is 0 Å². The fourth-order valence-electron chi connectivity index (χ4n) is 1.87. The summed E-state index contributed by atoms with van der Waals surface area (Å²) in [5.74, 6) is 0.182. The van der Waals surface area contributed by atoms with Gasteiger partial charge in [0.1, 0.15) is 11.3 Å². The Hall–Kier alpha value is -1.40. The number of benzene rings is 1. The second kappa shape index (κ2) is 6.37. The third-order valence-corrected chi connectivity index (χ3v) is 4.43. The van der Waals surface area contributed by atoms with Crippen LogP contribution in [0.5, 0.6) is 5.75 Å². The van der Waals surface area contributed by atoms with Gasteiger partial charge in [-0.1, -0.05) is 11.6 Å². The van der Waals surface area contributed by atoms with Gasteiger partial charge in [-0.25, -0.2) is 4.79 Å². The molecule has 1 aromatic rings. The first kappa shape index (κ1) is 15.0. The first-order chi connectivity index (χ1) is 9.52. The van der Waals surface area contributed by atoms with Gasteiger partial charge in [0.25, 0.3) is 5.91 Å². The zero-order valence-corrected chi connectivity index (χ0v) is 12.2. The molecule has 1 saturated heterocycles. The van der Waals surface area contributed by atoms with Crippen molar-refractivity contribution in [3.63, 3.8) is 0 Å². The largest absolute Gasteiger partial charge is 0.484 e. The number of hydrogen-bond donors (Lipinski definition) is 2. The maximum absolute atomic E-state index is 11.8. The number of thioether (sulfide) groups is 1. The van der Waals surface area contributed by atoms with Gasteiger partial charge in [0.2, 0.25) is 0 Å². The molecule has 0 spiro atoms. The molecule has 0 aliphatic carbocycles. The van der Waals surface area contributed by atoms with Crippen LogP contribution in [0.3, 0.4) is 0 Å². The summed E-state index contributed by atoms with van der Waals surface area (Å²) >= 11 is 7.25. The number of rotatable bonds is 5. The maximum Gasteiger partial charge on any atom is 0.330 e. The van der Waals surface area contributed by atoms with E-state index in [4.69, 9.17) is 16.3 Å². The molecule has 2 N–H and O–H groups in total. The quantitative estimate of drug-likeness (QED) is 0.866. The van der Waals surface area contributed by atoms with Gasteiger partial charge in [-0.15, -0.1) is 0 Å². The highest BCUT2D eigenvalue weighted by Crippen LogP contribution is 2.28. The molecule has 20 heavy (non-hydrogen) atoms. The lowest BCUT2D eigenvalue weighted by molar-refractivity contribution is -0.146. The highest BCUT2D eigenvalue weighted by molar-refractivity contribution is 7.99. The number of ether oxygens (including phenoxy) is 1. The molecule has 5 nitrogen and oxygen atoms in total. The molecular weight excluding hydrogens is 302 g/mol. The molecule has 1 aromatic carbocycles. The molecule has 0 aromatic heterocycles. The highest BCUT2D eigenvalue weighted by atomic mass is 35.5. The van der Waals surface area contributed by atoms with Gasteiger partial charge in [0.05, 0.1) is 0 Å². The van der Waals surface area contributed by atoms with Crippen LogP contribution in [0.4, 0.5) is 0 Å². The number of carbonyl (C=O) groups excluding carboxylic acids is 1. The number of halogens is 1. The Morgan fingerprint density at radius 2 is 2.10 bits per heavy atom. The average molecular weight is 316 g/mol. The molecule has 2 rings (SSSR count). The molecular formula is C13H14ClNO4S. The zero-order valence-electron chi connectivity index (χ0n) is 10.6. The van der Waals surface area contributed by atoms with Gasteiger partial charge in [-0.3, -0.25) is 4.79 Å². The Balaban J connectivity index is 1.89. The smallest absolute Gasteiger partial charge is 0.330 e. The minimum Gasteiger partial charge on any atom is -0.484 e. The van der Waals surface area contributed by atoms with Crippen molar-refractivity contribution in [3.05, 3.63) is 29.3 Å². The van der Waals surface area contributed by atoms with Crippen LogP contribution in [0.1, 0.15) is 6.42 Å². The van der Waals surface area contributed by atoms with Gasteiger partial charge in [-0.05, 0) is 36.4 Å². The van der Waals surface area contributed by atoms with Crippen molar-refractivity contribution in [3.8, 4) is 5.75 Å². The van der Waals surface area contributed by atoms with E-state index in [0.29, 0.717) is 22.9 Å². The monoisotopic (exact) mass is 315 g/mol. The molecule has 1 aliphatic rings. The van der Waals surface area contributed by atoms with E-state index in [9.17, 15) is 14.7 Å². The molecule has 1 atom stereocenters. The molecule has 1 heterocycles. The van der Waals surface area contributed by atoms with Crippen molar-refractivity contribution in [2.45, 2.75) is 12.0 Å². The Morgan fingerprint density at radius 3 is 2.65 bits per heavy atom. The van der Waals surface area contributed by atoms with Crippen LogP contribution in [-0.4, -0.2) is 40.6 Å². The van der Waals surface area contributed by atoms with Crippen molar-refractivity contribution in [1.29, 1.82) is 0 Å². The maximum atomic E-state index is 11.8. The van der Waals surface area contributed by atoms with Crippen LogP contribution in [-0.2, 0) is 9.59 Å². The van der Waals surface area contributed by atoms with Crippen LogP contribution < -0.4 is 10.1 Å². The summed E-state index contributed by atoms with van der Waals surface area (Å²) in [6.45, 7) is -0.221. The third-order valence-electron chi connectivity index (χ3n) is 2.99. The lowest BCUT2D eigenvalue weighted by atomic mass is 9.99. The van der Waals surface area contributed by atoms with Gasteiger partial charge < -0.3 is 15.2 Å². The van der Waals surface area contributed by atoms with Crippen molar-refractivity contribution in [2.75, 3.05) is 18.1 Å². The zero-order chi connectivity index (χ0) is 14.6. The van der Waals surface area contributed by atoms with Crippen LogP contribution in [0.25, 0.3) is 0 Å². The predicted molar refractivity (Wildman–Crippen MR) is 77.4 cm³/mol. The first-order valence-electron chi connectivity index (χ1n) is 6.02. The van der Waals surface area contributed by atoms with Crippen molar-refractivity contribution in [2.24, 2.45) is 0 Å². The highest BCUT2D eigenvalue weighted by Gasteiger charge is 2.43. The molecule has 0 saturated carbocycles. The average Bonchev–Trinajstić information content (AvgIpc) is 2.88. The number of amides is 1. The number of carboxylic acids is 1.